The number of piperidine rings is 2. The highest BCUT2D eigenvalue weighted by Gasteiger charge is 2.32. The second-order valence-corrected chi connectivity index (χ2v) is 10.4. The lowest BCUT2D eigenvalue weighted by Crippen LogP contribution is -2.43. The van der Waals surface area contributed by atoms with Crippen LogP contribution in [-0.4, -0.2) is 51.9 Å². The van der Waals surface area contributed by atoms with E-state index in [1.165, 1.54) is 32.1 Å². The number of rotatable bonds is 4. The van der Waals surface area contributed by atoms with Crippen molar-refractivity contribution in [3.05, 3.63) is 36.4 Å². The van der Waals surface area contributed by atoms with Gasteiger partial charge >= 0.3 is 0 Å². The molecule has 2 aromatic heterocycles. The van der Waals surface area contributed by atoms with Gasteiger partial charge in [0.15, 0.2) is 0 Å². The van der Waals surface area contributed by atoms with Gasteiger partial charge in [-0.05, 0) is 50.5 Å². The average molecular weight is 448 g/mol. The topological polar surface area (TPSA) is 62.2 Å². The Bertz CT molecular complexity index is 943. The first kappa shape index (κ1) is 22.3. The van der Waals surface area contributed by atoms with Crippen molar-refractivity contribution in [2.24, 2.45) is 11.8 Å². The van der Waals surface area contributed by atoms with Crippen LogP contribution in [0.2, 0.25) is 0 Å². The molecule has 3 fully saturated rings. The predicted molar refractivity (Wildman–Crippen MR) is 131 cm³/mol. The van der Waals surface area contributed by atoms with E-state index in [1.807, 2.05) is 18.5 Å². The van der Waals surface area contributed by atoms with Gasteiger partial charge in [-0.2, -0.15) is 0 Å². The van der Waals surface area contributed by atoms with Gasteiger partial charge in [0.25, 0.3) is 0 Å². The molecule has 3 aliphatic rings. The van der Waals surface area contributed by atoms with Gasteiger partial charge in [-0.15, -0.1) is 0 Å². The zero-order valence-corrected chi connectivity index (χ0v) is 20.0. The first-order valence-electron chi connectivity index (χ1n) is 13.0. The maximum absolute atomic E-state index is 13.3. The standard InChI is InChI=1S/C27H37N5O/c1-20-8-6-15-32(18-20)27-29-17-24(22-11-5-13-28-16-22)25(30-27)23-12-7-14-31(19-23)26(33)21-9-3-2-4-10-21/h5,11,13,16-17,20-21,23H,2-4,6-10,12,14-15,18-19H2,1H3/t20-,23+/m0/s1. The Morgan fingerprint density at radius 3 is 2.61 bits per heavy atom. The molecule has 4 heterocycles. The summed E-state index contributed by atoms with van der Waals surface area (Å²) in [4.78, 5) is 32.1. The van der Waals surface area contributed by atoms with Gasteiger partial charge in [0.05, 0.1) is 5.69 Å². The lowest BCUT2D eigenvalue weighted by Gasteiger charge is -2.37. The molecule has 2 atom stereocenters. The van der Waals surface area contributed by atoms with Crippen LogP contribution in [0.15, 0.2) is 30.7 Å². The molecule has 0 unspecified atom stereocenters. The summed E-state index contributed by atoms with van der Waals surface area (Å²) < 4.78 is 0. The minimum Gasteiger partial charge on any atom is -0.342 e. The van der Waals surface area contributed by atoms with Crippen molar-refractivity contribution >= 4 is 11.9 Å². The molecular formula is C27H37N5O. The molecule has 1 amide bonds. The number of amides is 1. The molecule has 176 valence electrons. The molecule has 5 rings (SSSR count). The number of pyridine rings is 1. The zero-order chi connectivity index (χ0) is 22.6. The molecule has 6 nitrogen and oxygen atoms in total. The summed E-state index contributed by atoms with van der Waals surface area (Å²) in [7, 11) is 0. The lowest BCUT2D eigenvalue weighted by molar-refractivity contribution is -0.137. The third-order valence-corrected chi connectivity index (χ3v) is 7.79. The van der Waals surface area contributed by atoms with E-state index in [2.05, 4.69) is 27.8 Å². The molecule has 0 bridgehead atoms. The Morgan fingerprint density at radius 1 is 0.970 bits per heavy atom. The van der Waals surface area contributed by atoms with E-state index in [9.17, 15) is 4.79 Å². The third kappa shape index (κ3) is 5.04. The Kier molecular flexibility index (Phi) is 6.88. The fourth-order valence-electron chi connectivity index (χ4n) is 5.97. The fourth-order valence-corrected chi connectivity index (χ4v) is 5.97. The molecule has 2 saturated heterocycles. The Labute approximate surface area is 197 Å². The van der Waals surface area contributed by atoms with Gasteiger partial charge in [-0.1, -0.05) is 32.3 Å². The van der Waals surface area contributed by atoms with Crippen LogP contribution < -0.4 is 4.90 Å². The zero-order valence-electron chi connectivity index (χ0n) is 20.0. The normalized spacial score (nSPS) is 24.6. The summed E-state index contributed by atoms with van der Waals surface area (Å²) in [5, 5.41) is 0. The van der Waals surface area contributed by atoms with Gasteiger partial charge in [0, 0.05) is 67.7 Å². The number of hydrogen-bond donors (Lipinski definition) is 0. The van der Waals surface area contributed by atoms with E-state index >= 15 is 0 Å². The molecule has 0 spiro atoms. The first-order chi connectivity index (χ1) is 16.2. The first-order valence-corrected chi connectivity index (χ1v) is 13.0. The Balaban J connectivity index is 1.44. The summed E-state index contributed by atoms with van der Waals surface area (Å²) >= 11 is 0. The van der Waals surface area contributed by atoms with Crippen LogP contribution in [0, 0.1) is 11.8 Å². The molecule has 6 heteroatoms. The van der Waals surface area contributed by atoms with Crippen molar-refractivity contribution in [1.29, 1.82) is 0 Å². The summed E-state index contributed by atoms with van der Waals surface area (Å²) in [6, 6.07) is 4.06. The second kappa shape index (κ2) is 10.2. The van der Waals surface area contributed by atoms with Crippen LogP contribution in [0.3, 0.4) is 0 Å². The summed E-state index contributed by atoms with van der Waals surface area (Å²) in [6.07, 6.45) is 16.1. The number of carbonyl (C=O) groups is 1. The fraction of sp³-hybridized carbons (Fsp3) is 0.630. The number of likely N-dealkylation sites (tertiary alicyclic amines) is 1. The smallest absolute Gasteiger partial charge is 0.225 e. The molecule has 1 aliphatic carbocycles. The van der Waals surface area contributed by atoms with Gasteiger partial charge in [0.2, 0.25) is 11.9 Å². The van der Waals surface area contributed by atoms with Crippen LogP contribution in [0.5, 0.6) is 0 Å². The van der Waals surface area contributed by atoms with E-state index in [0.717, 1.165) is 74.6 Å². The summed E-state index contributed by atoms with van der Waals surface area (Å²) in [5.41, 5.74) is 3.21. The number of carbonyl (C=O) groups excluding carboxylic acids is 1. The van der Waals surface area contributed by atoms with Gasteiger partial charge in [-0.3, -0.25) is 9.78 Å². The van der Waals surface area contributed by atoms with Crippen molar-refractivity contribution in [2.75, 3.05) is 31.1 Å². The van der Waals surface area contributed by atoms with Crippen molar-refractivity contribution in [1.82, 2.24) is 19.9 Å². The van der Waals surface area contributed by atoms with Crippen LogP contribution in [-0.2, 0) is 4.79 Å². The highest BCUT2D eigenvalue weighted by atomic mass is 16.2. The van der Waals surface area contributed by atoms with Crippen LogP contribution in [0.25, 0.3) is 11.1 Å². The molecule has 2 aromatic rings. The lowest BCUT2D eigenvalue weighted by atomic mass is 9.86. The van der Waals surface area contributed by atoms with E-state index in [4.69, 9.17) is 9.97 Å². The van der Waals surface area contributed by atoms with Crippen LogP contribution in [0.4, 0.5) is 5.95 Å². The Hall–Kier alpha value is -2.50. The minimum atomic E-state index is 0.228. The third-order valence-electron chi connectivity index (χ3n) is 7.79. The molecular weight excluding hydrogens is 410 g/mol. The molecule has 33 heavy (non-hydrogen) atoms. The SMILES string of the molecule is C[C@H]1CCCN(c2ncc(-c3cccnc3)c([C@@H]3CCCN(C(=O)C4CCCCC4)C3)n2)C1. The van der Waals surface area contributed by atoms with E-state index < -0.39 is 0 Å². The molecule has 1 saturated carbocycles. The van der Waals surface area contributed by atoms with E-state index in [-0.39, 0.29) is 11.8 Å². The van der Waals surface area contributed by atoms with Crippen LogP contribution >= 0.6 is 0 Å². The monoisotopic (exact) mass is 447 g/mol. The molecule has 0 aromatic carbocycles. The van der Waals surface area contributed by atoms with E-state index in [1.54, 1.807) is 6.20 Å². The maximum atomic E-state index is 13.3. The predicted octanol–water partition coefficient (Wildman–Crippen LogP) is 5.06. The Morgan fingerprint density at radius 2 is 1.82 bits per heavy atom. The van der Waals surface area contributed by atoms with Gasteiger partial charge < -0.3 is 9.80 Å². The number of nitrogens with zero attached hydrogens (tertiary/aromatic N) is 5. The molecule has 2 aliphatic heterocycles. The van der Waals surface area contributed by atoms with Crippen molar-refractivity contribution in [3.63, 3.8) is 0 Å². The molecule has 0 N–H and O–H groups in total. The van der Waals surface area contributed by atoms with Crippen molar-refractivity contribution in [2.45, 2.75) is 70.6 Å². The quantitative estimate of drug-likeness (QED) is 0.655. The highest BCUT2D eigenvalue weighted by Crippen LogP contribution is 2.35. The summed E-state index contributed by atoms with van der Waals surface area (Å²) in [5.74, 6) is 2.36. The second-order valence-electron chi connectivity index (χ2n) is 10.4. The largest absolute Gasteiger partial charge is 0.342 e. The number of anilines is 1. The number of aromatic nitrogens is 3. The number of hydrogen-bond acceptors (Lipinski definition) is 5. The van der Waals surface area contributed by atoms with Gasteiger partial charge in [0.1, 0.15) is 0 Å². The van der Waals surface area contributed by atoms with Crippen molar-refractivity contribution < 1.29 is 4.79 Å². The highest BCUT2D eigenvalue weighted by molar-refractivity contribution is 5.79. The van der Waals surface area contributed by atoms with Crippen LogP contribution in [0.1, 0.15) is 76.3 Å². The van der Waals surface area contributed by atoms with Gasteiger partial charge in [-0.25, -0.2) is 9.97 Å². The molecule has 0 radical (unpaired) electrons. The van der Waals surface area contributed by atoms with E-state index in [0.29, 0.717) is 11.8 Å². The summed E-state index contributed by atoms with van der Waals surface area (Å²) in [6.45, 7) is 6.01. The minimum absolute atomic E-state index is 0.228. The average Bonchev–Trinajstić information content (AvgIpc) is 2.89. The maximum Gasteiger partial charge on any atom is 0.225 e. The van der Waals surface area contributed by atoms with Crippen molar-refractivity contribution in [3.8, 4) is 11.1 Å².